The predicted octanol–water partition coefficient (Wildman–Crippen LogP) is 3.20. The molecule has 0 radical (unpaired) electrons. The van der Waals surface area contributed by atoms with Crippen molar-refractivity contribution in [3.63, 3.8) is 0 Å². The van der Waals surface area contributed by atoms with E-state index in [1.54, 1.807) is 24.3 Å². The molecule has 0 fully saturated rings. The molecule has 0 aliphatic carbocycles. The van der Waals surface area contributed by atoms with Crippen LogP contribution in [0, 0.1) is 0 Å². The Balaban J connectivity index is 1.96. The standard InChI is InChI=1S/C22H24N2O3/c1-4-22(2,3)23-19(25)18(14-15-10-6-5-7-11-15)24-20(26)16-12-8-9-13-17(16)21(24)27/h5-13,18H,4,14H2,1-3H3,(H,23,25). The van der Waals surface area contributed by atoms with Gasteiger partial charge in [0.1, 0.15) is 6.04 Å². The van der Waals surface area contributed by atoms with Crippen molar-refractivity contribution in [1.29, 1.82) is 0 Å². The fourth-order valence-corrected chi connectivity index (χ4v) is 3.13. The van der Waals surface area contributed by atoms with E-state index < -0.39 is 23.4 Å². The average Bonchev–Trinajstić information content (AvgIpc) is 2.91. The van der Waals surface area contributed by atoms with Crippen molar-refractivity contribution in [1.82, 2.24) is 10.2 Å². The first-order valence-corrected chi connectivity index (χ1v) is 9.17. The quantitative estimate of drug-likeness (QED) is 0.801. The summed E-state index contributed by atoms with van der Waals surface area (Å²) in [7, 11) is 0. The van der Waals surface area contributed by atoms with Gasteiger partial charge in [-0.1, -0.05) is 49.4 Å². The minimum absolute atomic E-state index is 0.276. The zero-order chi connectivity index (χ0) is 19.6. The van der Waals surface area contributed by atoms with Gasteiger partial charge >= 0.3 is 0 Å². The van der Waals surface area contributed by atoms with Crippen LogP contribution in [0.3, 0.4) is 0 Å². The lowest BCUT2D eigenvalue weighted by atomic mass is 9.99. The molecule has 2 aromatic rings. The van der Waals surface area contributed by atoms with Crippen LogP contribution in [-0.4, -0.2) is 34.2 Å². The van der Waals surface area contributed by atoms with Crippen molar-refractivity contribution in [2.24, 2.45) is 0 Å². The monoisotopic (exact) mass is 364 g/mol. The molecular weight excluding hydrogens is 340 g/mol. The first kappa shape index (κ1) is 18.8. The van der Waals surface area contributed by atoms with E-state index in [1.165, 1.54) is 0 Å². The number of imide groups is 1. The first-order valence-electron chi connectivity index (χ1n) is 9.17. The highest BCUT2D eigenvalue weighted by molar-refractivity contribution is 6.22. The molecule has 0 saturated carbocycles. The second kappa shape index (κ2) is 7.35. The normalized spacial score (nSPS) is 14.9. The molecule has 0 bridgehead atoms. The van der Waals surface area contributed by atoms with Gasteiger partial charge in [0.2, 0.25) is 5.91 Å². The summed E-state index contributed by atoms with van der Waals surface area (Å²) in [5.41, 5.74) is 1.17. The van der Waals surface area contributed by atoms with Gasteiger partial charge in [0.25, 0.3) is 11.8 Å². The topological polar surface area (TPSA) is 66.5 Å². The average molecular weight is 364 g/mol. The minimum atomic E-state index is -0.898. The number of carbonyl (C=O) groups is 3. The highest BCUT2D eigenvalue weighted by Crippen LogP contribution is 2.26. The molecule has 1 unspecified atom stereocenters. The van der Waals surface area contributed by atoms with Crippen molar-refractivity contribution in [2.45, 2.75) is 45.2 Å². The molecule has 2 aromatic carbocycles. The van der Waals surface area contributed by atoms with Crippen LogP contribution in [0.25, 0.3) is 0 Å². The third-order valence-corrected chi connectivity index (χ3v) is 5.06. The predicted molar refractivity (Wildman–Crippen MR) is 103 cm³/mol. The van der Waals surface area contributed by atoms with E-state index >= 15 is 0 Å². The van der Waals surface area contributed by atoms with E-state index in [2.05, 4.69) is 5.32 Å². The smallest absolute Gasteiger partial charge is 0.262 e. The number of hydrogen-bond acceptors (Lipinski definition) is 3. The molecule has 1 aliphatic rings. The van der Waals surface area contributed by atoms with Crippen LogP contribution in [0.2, 0.25) is 0 Å². The third kappa shape index (κ3) is 3.77. The van der Waals surface area contributed by atoms with Crippen LogP contribution in [0.15, 0.2) is 54.6 Å². The number of nitrogens with zero attached hydrogens (tertiary/aromatic N) is 1. The minimum Gasteiger partial charge on any atom is -0.349 e. The molecule has 0 spiro atoms. The van der Waals surface area contributed by atoms with Gasteiger partial charge in [-0.2, -0.15) is 0 Å². The summed E-state index contributed by atoms with van der Waals surface area (Å²) in [6, 6.07) is 15.2. The fraction of sp³-hybridized carbons (Fsp3) is 0.318. The Morgan fingerprint density at radius 3 is 2.00 bits per heavy atom. The number of benzene rings is 2. The highest BCUT2D eigenvalue weighted by atomic mass is 16.2. The first-order chi connectivity index (χ1) is 12.8. The summed E-state index contributed by atoms with van der Waals surface area (Å²) in [6.45, 7) is 5.83. The molecule has 27 heavy (non-hydrogen) atoms. The molecular formula is C22H24N2O3. The van der Waals surface area contributed by atoms with E-state index in [4.69, 9.17) is 0 Å². The summed E-state index contributed by atoms with van der Waals surface area (Å²) in [5, 5.41) is 2.99. The van der Waals surface area contributed by atoms with E-state index in [1.807, 2.05) is 51.1 Å². The summed E-state index contributed by atoms with van der Waals surface area (Å²) in [4.78, 5) is 40.0. The molecule has 1 aliphatic heterocycles. The molecule has 5 heteroatoms. The fourth-order valence-electron chi connectivity index (χ4n) is 3.13. The van der Waals surface area contributed by atoms with Crippen LogP contribution in [0.1, 0.15) is 53.5 Å². The largest absolute Gasteiger partial charge is 0.349 e. The van der Waals surface area contributed by atoms with Crippen LogP contribution < -0.4 is 5.32 Å². The maximum atomic E-state index is 13.1. The van der Waals surface area contributed by atoms with E-state index in [0.717, 1.165) is 16.9 Å². The van der Waals surface area contributed by atoms with E-state index in [0.29, 0.717) is 11.1 Å². The molecule has 3 amide bonds. The molecule has 1 atom stereocenters. The number of rotatable bonds is 6. The van der Waals surface area contributed by atoms with E-state index in [-0.39, 0.29) is 12.3 Å². The summed E-state index contributed by atoms with van der Waals surface area (Å²) < 4.78 is 0. The number of amides is 3. The third-order valence-electron chi connectivity index (χ3n) is 5.06. The summed E-state index contributed by atoms with van der Waals surface area (Å²) in [6.07, 6.45) is 1.01. The van der Waals surface area contributed by atoms with Crippen LogP contribution in [0.4, 0.5) is 0 Å². The maximum Gasteiger partial charge on any atom is 0.262 e. The zero-order valence-electron chi connectivity index (χ0n) is 15.9. The zero-order valence-corrected chi connectivity index (χ0v) is 15.9. The lowest BCUT2D eigenvalue weighted by Gasteiger charge is -2.31. The van der Waals surface area contributed by atoms with Crippen molar-refractivity contribution in [3.8, 4) is 0 Å². The Bertz CT molecular complexity index is 839. The molecule has 1 N–H and O–H groups in total. The van der Waals surface area contributed by atoms with Crippen molar-refractivity contribution in [2.75, 3.05) is 0 Å². The second-order valence-electron chi connectivity index (χ2n) is 7.46. The van der Waals surface area contributed by atoms with Gasteiger partial charge in [-0.3, -0.25) is 19.3 Å². The number of fused-ring (bicyclic) bond motifs is 1. The molecule has 0 saturated heterocycles. The molecule has 5 nitrogen and oxygen atoms in total. The Morgan fingerprint density at radius 1 is 0.963 bits per heavy atom. The highest BCUT2D eigenvalue weighted by Gasteiger charge is 2.43. The van der Waals surface area contributed by atoms with Crippen LogP contribution in [-0.2, 0) is 11.2 Å². The van der Waals surface area contributed by atoms with Gasteiger partial charge in [-0.05, 0) is 38.0 Å². The summed E-state index contributed by atoms with van der Waals surface area (Å²) in [5.74, 6) is -1.15. The Morgan fingerprint density at radius 2 is 1.48 bits per heavy atom. The van der Waals surface area contributed by atoms with Gasteiger partial charge in [0, 0.05) is 12.0 Å². The Labute approximate surface area is 159 Å². The second-order valence-corrected chi connectivity index (χ2v) is 7.46. The van der Waals surface area contributed by atoms with Gasteiger partial charge in [-0.25, -0.2) is 0 Å². The Kier molecular flexibility index (Phi) is 5.13. The number of carbonyl (C=O) groups excluding carboxylic acids is 3. The maximum absolute atomic E-state index is 13.1. The SMILES string of the molecule is CCC(C)(C)NC(=O)C(Cc1ccccc1)N1C(=O)c2ccccc2C1=O. The van der Waals surface area contributed by atoms with Crippen LogP contribution in [0.5, 0.6) is 0 Å². The van der Waals surface area contributed by atoms with Crippen LogP contribution >= 0.6 is 0 Å². The van der Waals surface area contributed by atoms with Gasteiger partial charge in [0.05, 0.1) is 11.1 Å². The lowest BCUT2D eigenvalue weighted by Crippen LogP contribution is -2.55. The molecule has 1 heterocycles. The van der Waals surface area contributed by atoms with Gasteiger partial charge < -0.3 is 5.32 Å². The van der Waals surface area contributed by atoms with Crippen molar-refractivity contribution >= 4 is 17.7 Å². The van der Waals surface area contributed by atoms with Gasteiger partial charge in [-0.15, -0.1) is 0 Å². The molecule has 0 aromatic heterocycles. The molecule has 140 valence electrons. The van der Waals surface area contributed by atoms with Crippen molar-refractivity contribution in [3.05, 3.63) is 71.3 Å². The Hall–Kier alpha value is -2.95. The van der Waals surface area contributed by atoms with E-state index in [9.17, 15) is 14.4 Å². The lowest BCUT2D eigenvalue weighted by molar-refractivity contribution is -0.126. The van der Waals surface area contributed by atoms with Gasteiger partial charge in [0.15, 0.2) is 0 Å². The number of nitrogens with one attached hydrogen (secondary N) is 1. The van der Waals surface area contributed by atoms with Crippen molar-refractivity contribution < 1.29 is 14.4 Å². The molecule has 3 rings (SSSR count). The number of hydrogen-bond donors (Lipinski definition) is 1. The summed E-state index contributed by atoms with van der Waals surface area (Å²) >= 11 is 0.